The molecule has 14 aromatic rings. The molecule has 1 nitrogen and oxygen atoms in total. The van der Waals surface area contributed by atoms with Crippen LogP contribution in [0, 0.1) is 0 Å². The molecule has 15 rings (SSSR count). The predicted octanol–water partition coefficient (Wildman–Crippen LogP) is 19.4. The third-order valence-electron chi connectivity index (χ3n) is 14.5. The molecule has 0 bridgehead atoms. The molecule has 3 heteroatoms. The zero-order valence-corrected chi connectivity index (χ0v) is 37.9. The van der Waals surface area contributed by atoms with Crippen LogP contribution in [0.2, 0.25) is 0 Å². The fourth-order valence-corrected chi connectivity index (χ4v) is 14.3. The van der Waals surface area contributed by atoms with Gasteiger partial charge in [-0.3, -0.25) is 0 Å². The molecule has 0 unspecified atom stereocenters. The van der Waals surface area contributed by atoms with Crippen molar-refractivity contribution in [2.75, 3.05) is 0 Å². The van der Waals surface area contributed by atoms with Gasteiger partial charge in [0.2, 0.25) is 0 Å². The average molecular weight is 887 g/mol. The zero-order chi connectivity index (χ0) is 43.7. The molecule has 0 fully saturated rings. The van der Waals surface area contributed by atoms with Crippen LogP contribution < -0.4 is 0 Å². The van der Waals surface area contributed by atoms with E-state index in [2.05, 4.69) is 206 Å². The first kappa shape index (κ1) is 37.4. The molecule has 0 spiro atoms. The molecule has 0 saturated heterocycles. The number of benzene rings is 11. The van der Waals surface area contributed by atoms with Crippen LogP contribution in [0.3, 0.4) is 0 Å². The van der Waals surface area contributed by atoms with E-state index in [-0.39, 0.29) is 0 Å². The molecule has 0 radical (unpaired) electrons. The van der Waals surface area contributed by atoms with Gasteiger partial charge in [-0.2, -0.15) is 0 Å². The highest BCUT2D eigenvalue weighted by Gasteiger charge is 2.24. The number of hydrogen-bond acceptors (Lipinski definition) is 3. The molecule has 1 aliphatic rings. The number of rotatable bonds is 4. The van der Waals surface area contributed by atoms with Crippen LogP contribution in [0.15, 0.2) is 205 Å². The van der Waals surface area contributed by atoms with Crippen molar-refractivity contribution in [3.05, 3.63) is 211 Å². The lowest BCUT2D eigenvalue weighted by atomic mass is 9.84. The van der Waals surface area contributed by atoms with Crippen molar-refractivity contribution in [3.63, 3.8) is 0 Å². The van der Waals surface area contributed by atoms with Gasteiger partial charge in [0.05, 0.1) is 0 Å². The van der Waals surface area contributed by atoms with E-state index in [1.165, 1.54) is 128 Å². The van der Waals surface area contributed by atoms with Crippen LogP contribution in [0.5, 0.6) is 0 Å². The Morgan fingerprint density at radius 3 is 1.48 bits per heavy atom. The van der Waals surface area contributed by atoms with Crippen molar-refractivity contribution in [3.8, 4) is 44.5 Å². The summed E-state index contributed by atoms with van der Waals surface area (Å²) in [6, 6.07) is 72.2. The maximum absolute atomic E-state index is 6.82. The fraction of sp³-hybridized carbons (Fsp3) is 0.0312. The Hall–Kier alpha value is -7.82. The molecule has 0 amide bonds. The minimum absolute atomic E-state index is 0.889. The van der Waals surface area contributed by atoms with E-state index < -0.39 is 0 Å². The fourth-order valence-electron chi connectivity index (χ4n) is 11.7. The lowest BCUT2D eigenvalue weighted by Crippen LogP contribution is -1.92. The van der Waals surface area contributed by atoms with Gasteiger partial charge in [-0.1, -0.05) is 182 Å². The summed E-state index contributed by atoms with van der Waals surface area (Å²) in [5.41, 5.74) is 13.2. The lowest BCUT2D eigenvalue weighted by Gasteiger charge is -2.19. The van der Waals surface area contributed by atoms with Gasteiger partial charge in [-0.25, -0.2) is 0 Å². The first-order valence-corrected chi connectivity index (χ1v) is 24.8. The quantitative estimate of drug-likeness (QED) is 0.161. The van der Waals surface area contributed by atoms with Crippen molar-refractivity contribution in [2.45, 2.75) is 12.8 Å². The molecule has 0 N–H and O–H groups in total. The Morgan fingerprint density at radius 2 is 0.851 bits per heavy atom. The summed E-state index contributed by atoms with van der Waals surface area (Å²) in [6.07, 6.45) is 6.90. The molecule has 0 aliphatic heterocycles. The smallest absolute Gasteiger partial charge is 0.136 e. The first-order chi connectivity index (χ1) is 33.3. The van der Waals surface area contributed by atoms with E-state index in [1.807, 2.05) is 22.7 Å². The van der Waals surface area contributed by atoms with Gasteiger partial charge >= 0.3 is 0 Å². The highest BCUT2D eigenvalue weighted by Crippen LogP contribution is 2.52. The average Bonchev–Trinajstić information content (AvgIpc) is 4.09. The van der Waals surface area contributed by atoms with E-state index in [1.54, 1.807) is 0 Å². The topological polar surface area (TPSA) is 13.1 Å². The summed E-state index contributed by atoms with van der Waals surface area (Å²) >= 11 is 3.88. The largest absolute Gasteiger partial charge is 0.456 e. The van der Waals surface area contributed by atoms with Gasteiger partial charge in [-0.15, -0.1) is 22.7 Å². The summed E-state index contributed by atoms with van der Waals surface area (Å²) in [4.78, 5) is 1.50. The van der Waals surface area contributed by atoms with Crippen molar-refractivity contribution in [2.24, 2.45) is 0 Å². The number of hydrogen-bond donors (Lipinski definition) is 0. The summed E-state index contributed by atoms with van der Waals surface area (Å²) in [5.74, 6) is 0. The maximum atomic E-state index is 6.82. The van der Waals surface area contributed by atoms with Gasteiger partial charge in [0.15, 0.2) is 0 Å². The molecular weight excluding hydrogens is 849 g/mol. The Kier molecular flexibility index (Phi) is 8.01. The van der Waals surface area contributed by atoms with Crippen LogP contribution >= 0.6 is 22.7 Å². The standard InChI is InChI=1S/C64H38OS2/c1-3-20-42-40(18-1)58(41-19-2-4-21-43(41)60(42)51-29-13-26-48-38-16-9-11-32-56(38)66-63(48)51)37-34-35-54-53(36-37)62-50(28-15-31-55(62)65-54)59-44-22-5-7-24-46(44)61(47-25-8-6-23-45(47)59)52-30-14-27-49-39-17-10-12-33-57(39)67-64(49)52/h1-10,12-31,33-36H,11,32H2. The SMILES string of the molecule is C1=Cc2c(sc3c(-c4c5ccccc5c(-c5ccc6oc7cccc(-c8c9ccccc9c(-c9cccc%10c9sc9ccccc9%10)c9ccccc89)c7c6c5)c5ccccc45)cccc23)CC1. The zero-order valence-electron chi connectivity index (χ0n) is 36.3. The van der Waals surface area contributed by atoms with Crippen molar-refractivity contribution in [1.82, 2.24) is 0 Å². The second-order valence-electron chi connectivity index (χ2n) is 18.0. The lowest BCUT2D eigenvalue weighted by molar-refractivity contribution is 0.669. The summed E-state index contributed by atoms with van der Waals surface area (Å²) in [7, 11) is 0. The third-order valence-corrected chi connectivity index (χ3v) is 17.0. The van der Waals surface area contributed by atoms with E-state index >= 15 is 0 Å². The summed E-state index contributed by atoms with van der Waals surface area (Å²) in [6.45, 7) is 0. The second kappa shape index (κ2) is 14.3. The molecule has 67 heavy (non-hydrogen) atoms. The van der Waals surface area contributed by atoms with Gasteiger partial charge in [0.1, 0.15) is 11.2 Å². The van der Waals surface area contributed by atoms with E-state index in [9.17, 15) is 0 Å². The predicted molar refractivity (Wildman–Crippen MR) is 291 cm³/mol. The number of furan rings is 1. The van der Waals surface area contributed by atoms with Crippen LogP contribution in [-0.2, 0) is 6.42 Å². The Morgan fingerprint density at radius 1 is 0.358 bits per heavy atom. The maximum Gasteiger partial charge on any atom is 0.136 e. The first-order valence-electron chi connectivity index (χ1n) is 23.2. The van der Waals surface area contributed by atoms with Gasteiger partial charge in [0, 0.05) is 57.0 Å². The van der Waals surface area contributed by atoms with E-state index in [0.29, 0.717) is 0 Å². The number of thiophene rings is 2. The minimum atomic E-state index is 0.889. The third kappa shape index (κ3) is 5.35. The van der Waals surface area contributed by atoms with E-state index in [4.69, 9.17) is 4.42 Å². The number of aryl methyl sites for hydroxylation is 1. The van der Waals surface area contributed by atoms with Gasteiger partial charge in [0.25, 0.3) is 0 Å². The molecule has 0 saturated carbocycles. The Balaban J connectivity index is 0.987. The van der Waals surface area contributed by atoms with Crippen molar-refractivity contribution < 1.29 is 4.42 Å². The number of fused-ring (bicyclic) bond motifs is 13. The summed E-state index contributed by atoms with van der Waals surface area (Å²) in [5, 5.41) is 16.3. The molecule has 3 heterocycles. The highest BCUT2D eigenvalue weighted by molar-refractivity contribution is 7.26. The van der Waals surface area contributed by atoms with Crippen LogP contribution in [0.25, 0.3) is 146 Å². The monoisotopic (exact) mass is 886 g/mol. The molecular formula is C64H38OS2. The van der Waals surface area contributed by atoms with Crippen LogP contribution in [-0.4, -0.2) is 0 Å². The Bertz CT molecular complexity index is 4340. The second-order valence-corrected chi connectivity index (χ2v) is 20.2. The van der Waals surface area contributed by atoms with E-state index in [0.717, 1.165) is 34.8 Å². The van der Waals surface area contributed by atoms with Crippen LogP contribution in [0.1, 0.15) is 16.9 Å². The highest BCUT2D eigenvalue weighted by atomic mass is 32.1. The minimum Gasteiger partial charge on any atom is -0.456 e. The number of allylic oxidation sites excluding steroid dienone is 1. The Labute approximate surface area is 394 Å². The van der Waals surface area contributed by atoms with Gasteiger partial charge < -0.3 is 4.42 Å². The van der Waals surface area contributed by atoms with Gasteiger partial charge in [-0.05, 0) is 119 Å². The molecule has 3 aromatic heterocycles. The summed E-state index contributed by atoms with van der Waals surface area (Å²) < 4.78 is 10.9. The van der Waals surface area contributed by atoms with Crippen molar-refractivity contribution in [1.29, 1.82) is 0 Å². The normalized spacial score (nSPS) is 12.9. The molecule has 11 aromatic carbocycles. The molecule has 1 aliphatic carbocycles. The molecule has 0 atom stereocenters. The molecule has 312 valence electrons. The van der Waals surface area contributed by atoms with Crippen molar-refractivity contribution >= 4 is 124 Å². The van der Waals surface area contributed by atoms with Crippen LogP contribution in [0.4, 0.5) is 0 Å².